The minimum Gasteiger partial charge on any atom is -0.462 e. The Kier molecular flexibility index (Phi) is 76.3. The topological polar surface area (TPSA) is 237 Å². The maximum Gasteiger partial charge on any atom is 0.472 e. The fourth-order valence-corrected chi connectivity index (χ4v) is 14.9. The number of phosphoric ester groups is 2. The van der Waals surface area contributed by atoms with E-state index in [0.29, 0.717) is 25.7 Å². The lowest BCUT2D eigenvalue weighted by molar-refractivity contribution is -0.161. The summed E-state index contributed by atoms with van der Waals surface area (Å²) in [5.74, 6) is -1.29. The van der Waals surface area contributed by atoms with Crippen molar-refractivity contribution < 1.29 is 80.2 Å². The van der Waals surface area contributed by atoms with E-state index in [2.05, 4.69) is 34.6 Å². The average Bonchev–Trinajstić information content (AvgIpc) is 0.912. The lowest BCUT2D eigenvalue weighted by atomic mass is 10.0. The minimum atomic E-state index is -4.96. The van der Waals surface area contributed by atoms with Crippen molar-refractivity contribution >= 4 is 39.5 Å². The van der Waals surface area contributed by atoms with Gasteiger partial charge in [0.2, 0.25) is 0 Å². The van der Waals surface area contributed by atoms with Crippen molar-refractivity contribution in [2.75, 3.05) is 39.6 Å². The highest BCUT2D eigenvalue weighted by molar-refractivity contribution is 7.47. The zero-order valence-corrected chi connectivity index (χ0v) is 70.0. The smallest absolute Gasteiger partial charge is 0.462 e. The van der Waals surface area contributed by atoms with Gasteiger partial charge in [-0.25, -0.2) is 9.13 Å². The Bertz CT molecular complexity index is 1980. The van der Waals surface area contributed by atoms with Crippen LogP contribution in [0.3, 0.4) is 0 Å². The van der Waals surface area contributed by atoms with Crippen LogP contribution in [0.2, 0.25) is 0 Å². The van der Waals surface area contributed by atoms with Crippen LogP contribution in [0.5, 0.6) is 0 Å². The molecule has 0 amide bonds. The molecule has 0 spiro atoms. The second-order valence-electron chi connectivity index (χ2n) is 31.1. The van der Waals surface area contributed by atoms with Crippen LogP contribution in [0.1, 0.15) is 458 Å². The number of ether oxygens (including phenoxy) is 4. The molecule has 0 aliphatic carbocycles. The molecule has 2 unspecified atom stereocenters. The first-order valence-corrected chi connectivity index (χ1v) is 47.1. The Balaban J connectivity index is 5.10. The van der Waals surface area contributed by atoms with Crippen LogP contribution < -0.4 is 0 Å². The van der Waals surface area contributed by atoms with Gasteiger partial charge in [-0.2, -0.15) is 0 Å². The van der Waals surface area contributed by atoms with Crippen molar-refractivity contribution in [3.8, 4) is 0 Å². The second kappa shape index (κ2) is 77.8. The van der Waals surface area contributed by atoms with E-state index in [4.69, 9.17) is 37.0 Å². The van der Waals surface area contributed by atoms with Crippen molar-refractivity contribution in [3.63, 3.8) is 0 Å². The van der Waals surface area contributed by atoms with E-state index in [1.54, 1.807) is 0 Å². The van der Waals surface area contributed by atoms with Gasteiger partial charge in [-0.1, -0.05) is 407 Å². The summed E-state index contributed by atoms with van der Waals surface area (Å²) in [6, 6.07) is 0. The molecular formula is C85H166O17P2. The first-order chi connectivity index (χ1) is 50.5. The molecule has 0 aromatic rings. The lowest BCUT2D eigenvalue weighted by Gasteiger charge is -2.21. The van der Waals surface area contributed by atoms with Crippen molar-refractivity contribution in [1.82, 2.24) is 0 Å². The maximum absolute atomic E-state index is 13.1. The third kappa shape index (κ3) is 78.2. The highest BCUT2D eigenvalue weighted by atomic mass is 31.2. The first kappa shape index (κ1) is 102. The van der Waals surface area contributed by atoms with E-state index in [1.807, 2.05) is 0 Å². The summed E-state index contributed by atoms with van der Waals surface area (Å²) in [5, 5.41) is 10.6. The number of hydrogen-bond donors (Lipinski definition) is 3. The summed E-state index contributed by atoms with van der Waals surface area (Å²) < 4.78 is 68.6. The largest absolute Gasteiger partial charge is 0.472 e. The summed E-state index contributed by atoms with van der Waals surface area (Å²) >= 11 is 0. The Hall–Kier alpha value is -1.94. The molecule has 0 aromatic heterocycles. The summed E-state index contributed by atoms with van der Waals surface area (Å²) in [4.78, 5) is 72.9. The molecule has 0 saturated heterocycles. The monoisotopic (exact) mass is 1520 g/mol. The van der Waals surface area contributed by atoms with E-state index in [0.717, 1.165) is 102 Å². The van der Waals surface area contributed by atoms with Crippen molar-refractivity contribution in [2.24, 2.45) is 5.92 Å². The molecule has 3 N–H and O–H groups in total. The number of carbonyl (C=O) groups is 4. The molecule has 0 aromatic carbocycles. The van der Waals surface area contributed by atoms with Crippen LogP contribution in [0.4, 0.5) is 0 Å². The van der Waals surface area contributed by atoms with E-state index < -0.39 is 97.5 Å². The third-order valence-corrected chi connectivity index (χ3v) is 21.9. The van der Waals surface area contributed by atoms with Crippen LogP contribution in [0, 0.1) is 5.92 Å². The van der Waals surface area contributed by atoms with Gasteiger partial charge in [-0.3, -0.25) is 37.3 Å². The molecule has 618 valence electrons. The van der Waals surface area contributed by atoms with Gasteiger partial charge in [-0.15, -0.1) is 0 Å². The van der Waals surface area contributed by atoms with Crippen molar-refractivity contribution in [1.29, 1.82) is 0 Å². The molecule has 0 aliphatic rings. The maximum atomic E-state index is 13.1. The van der Waals surface area contributed by atoms with Crippen LogP contribution in [-0.2, 0) is 65.4 Å². The van der Waals surface area contributed by atoms with Crippen LogP contribution in [0.25, 0.3) is 0 Å². The Labute approximate surface area is 638 Å². The van der Waals surface area contributed by atoms with E-state index in [-0.39, 0.29) is 25.7 Å². The van der Waals surface area contributed by atoms with Gasteiger partial charge in [0, 0.05) is 25.7 Å². The number of hydrogen-bond acceptors (Lipinski definition) is 15. The van der Waals surface area contributed by atoms with Crippen LogP contribution >= 0.6 is 15.6 Å². The molecular weight excluding hydrogens is 1350 g/mol. The zero-order valence-electron chi connectivity index (χ0n) is 68.2. The number of aliphatic hydroxyl groups is 1. The van der Waals surface area contributed by atoms with Gasteiger partial charge in [-0.05, 0) is 31.6 Å². The number of rotatable bonds is 85. The predicted octanol–water partition coefficient (Wildman–Crippen LogP) is 26.0. The fraction of sp³-hybridized carbons (Fsp3) is 0.953. The third-order valence-electron chi connectivity index (χ3n) is 20.0. The Morgan fingerprint density at radius 2 is 0.442 bits per heavy atom. The van der Waals surface area contributed by atoms with E-state index in [9.17, 15) is 43.2 Å². The van der Waals surface area contributed by atoms with Gasteiger partial charge < -0.3 is 33.8 Å². The van der Waals surface area contributed by atoms with Crippen LogP contribution in [-0.4, -0.2) is 96.7 Å². The van der Waals surface area contributed by atoms with Crippen LogP contribution in [0.15, 0.2) is 0 Å². The SMILES string of the molecule is CCCCCCCCCCCCCCCCCCCCCCCC(=O)OC[C@H](COP(=O)(O)OC[C@@H](O)COP(=O)(O)OC[C@@H](COC(=O)CCCCCCC)OC(=O)CCCCCCCCCCCCCCCCCCC)OC(=O)CCCCCCCCCCCCCCCCCCCCC(C)C. The number of phosphoric acid groups is 2. The molecule has 0 bridgehead atoms. The summed E-state index contributed by atoms with van der Waals surface area (Å²) in [6.07, 6.45) is 71.4. The zero-order chi connectivity index (χ0) is 76.2. The summed E-state index contributed by atoms with van der Waals surface area (Å²) in [7, 11) is -9.91. The average molecular weight is 1520 g/mol. The lowest BCUT2D eigenvalue weighted by Crippen LogP contribution is -2.30. The molecule has 5 atom stereocenters. The molecule has 0 saturated carbocycles. The summed E-state index contributed by atoms with van der Waals surface area (Å²) in [6.45, 7) is 7.30. The van der Waals surface area contributed by atoms with Crippen molar-refractivity contribution in [3.05, 3.63) is 0 Å². The molecule has 104 heavy (non-hydrogen) atoms. The standard InChI is InChI=1S/C85H166O17P2/c1-6-9-12-15-17-19-21-23-25-27-28-29-30-35-38-42-46-50-54-59-64-69-83(88)96-75-81(102-85(90)71-66-61-56-52-48-44-40-36-32-31-34-37-41-45-49-53-58-62-67-78(4)5)77-100-104(93,94)98-73-79(86)72-97-103(91,92)99-76-80(74-95-82(87)68-63-57-14-11-8-3)101-84(89)70-65-60-55-51-47-43-39-33-26-24-22-20-18-16-13-10-7-2/h78-81,86H,6-77H2,1-5H3,(H,91,92)(H,93,94)/t79-,80+,81+/m0/s1. The fourth-order valence-electron chi connectivity index (χ4n) is 13.3. The van der Waals surface area contributed by atoms with Gasteiger partial charge >= 0.3 is 39.5 Å². The van der Waals surface area contributed by atoms with Gasteiger partial charge in [0.15, 0.2) is 12.2 Å². The Morgan fingerprint density at radius 3 is 0.654 bits per heavy atom. The normalized spacial score (nSPS) is 13.8. The molecule has 0 aliphatic heterocycles. The first-order valence-electron chi connectivity index (χ1n) is 44.1. The number of carbonyl (C=O) groups excluding carboxylic acids is 4. The van der Waals surface area contributed by atoms with E-state index in [1.165, 1.54) is 276 Å². The van der Waals surface area contributed by atoms with Gasteiger partial charge in [0.05, 0.1) is 26.4 Å². The molecule has 0 fully saturated rings. The Morgan fingerprint density at radius 1 is 0.260 bits per heavy atom. The molecule has 0 radical (unpaired) electrons. The molecule has 19 heteroatoms. The predicted molar refractivity (Wildman–Crippen MR) is 428 cm³/mol. The van der Waals surface area contributed by atoms with Gasteiger partial charge in [0.1, 0.15) is 19.3 Å². The summed E-state index contributed by atoms with van der Waals surface area (Å²) in [5.41, 5.74) is 0. The van der Waals surface area contributed by atoms with Gasteiger partial charge in [0.25, 0.3) is 0 Å². The second-order valence-corrected chi connectivity index (χ2v) is 34.0. The molecule has 0 heterocycles. The quantitative estimate of drug-likeness (QED) is 0.0222. The number of aliphatic hydroxyl groups excluding tert-OH is 1. The molecule has 0 rings (SSSR count). The number of esters is 4. The molecule has 17 nitrogen and oxygen atoms in total. The van der Waals surface area contributed by atoms with E-state index >= 15 is 0 Å². The highest BCUT2D eigenvalue weighted by Crippen LogP contribution is 2.45. The number of unbranched alkanes of at least 4 members (excludes halogenated alkanes) is 57. The highest BCUT2D eigenvalue weighted by Gasteiger charge is 2.30. The van der Waals surface area contributed by atoms with Crippen molar-refractivity contribution in [2.45, 2.75) is 477 Å². The minimum absolute atomic E-state index is 0.108.